The van der Waals surface area contributed by atoms with Gasteiger partial charge in [0.25, 0.3) is 11.8 Å². The van der Waals surface area contributed by atoms with Crippen LogP contribution in [0.15, 0.2) is 48.8 Å². The van der Waals surface area contributed by atoms with Gasteiger partial charge in [-0.2, -0.15) is 0 Å². The van der Waals surface area contributed by atoms with Crippen LogP contribution in [0.3, 0.4) is 0 Å². The van der Waals surface area contributed by atoms with E-state index in [0.717, 1.165) is 12.2 Å². The van der Waals surface area contributed by atoms with Crippen LogP contribution in [0.1, 0.15) is 30.1 Å². The molecule has 0 spiro atoms. The maximum Gasteiger partial charge on any atom is 0.254 e. The van der Waals surface area contributed by atoms with E-state index in [1.54, 1.807) is 53.7 Å². The molecule has 1 aromatic carbocycles. The molecule has 2 aromatic rings. The monoisotopic (exact) mass is 422 g/mol. The Labute approximate surface area is 181 Å². The Kier molecular flexibility index (Phi) is 6.27. The number of hydrogen-bond acceptors (Lipinski definition) is 6. The highest BCUT2D eigenvalue weighted by Gasteiger charge is 2.43. The molecule has 0 unspecified atom stereocenters. The summed E-state index contributed by atoms with van der Waals surface area (Å²) in [4.78, 5) is 47.3. The number of amides is 3. The van der Waals surface area contributed by atoms with Gasteiger partial charge in [0.2, 0.25) is 5.91 Å². The van der Waals surface area contributed by atoms with Crippen LogP contribution >= 0.6 is 0 Å². The van der Waals surface area contributed by atoms with E-state index in [-0.39, 0.29) is 24.1 Å². The number of piperazine rings is 1. The Morgan fingerprint density at radius 3 is 2.35 bits per heavy atom. The van der Waals surface area contributed by atoms with E-state index in [0.29, 0.717) is 44.0 Å². The summed E-state index contributed by atoms with van der Waals surface area (Å²) in [6, 6.07) is 9.96. The average molecular weight is 422 g/mol. The highest BCUT2D eigenvalue weighted by molar-refractivity contribution is 6.22. The molecule has 1 aromatic heterocycles. The molecule has 0 aliphatic carbocycles. The molecule has 2 aliphatic heterocycles. The SMILES string of the molecule is CCCOc1ccc(N2C(=O)C[C@H](N3CCN(C(=O)c4ccncc4)CC3)C2=O)cc1. The Morgan fingerprint density at radius 1 is 1.03 bits per heavy atom. The molecular weight excluding hydrogens is 396 g/mol. The van der Waals surface area contributed by atoms with Gasteiger partial charge >= 0.3 is 0 Å². The van der Waals surface area contributed by atoms with Crippen LogP contribution in [0, 0.1) is 0 Å². The van der Waals surface area contributed by atoms with Crippen molar-refractivity contribution in [3.63, 3.8) is 0 Å². The van der Waals surface area contributed by atoms with Gasteiger partial charge in [-0.25, -0.2) is 4.90 Å². The summed E-state index contributed by atoms with van der Waals surface area (Å²) in [5.41, 5.74) is 1.17. The highest BCUT2D eigenvalue weighted by atomic mass is 16.5. The van der Waals surface area contributed by atoms with Crippen molar-refractivity contribution >= 4 is 23.4 Å². The van der Waals surface area contributed by atoms with Crippen LogP contribution in [-0.4, -0.2) is 71.3 Å². The van der Waals surface area contributed by atoms with E-state index in [2.05, 4.69) is 4.98 Å². The molecule has 0 radical (unpaired) electrons. The fourth-order valence-electron chi connectivity index (χ4n) is 4.00. The Hall–Kier alpha value is -3.26. The summed E-state index contributed by atoms with van der Waals surface area (Å²) in [5, 5.41) is 0. The van der Waals surface area contributed by atoms with Gasteiger partial charge in [-0.15, -0.1) is 0 Å². The van der Waals surface area contributed by atoms with Crippen LogP contribution in [0.4, 0.5) is 5.69 Å². The normalized spacial score (nSPS) is 19.7. The summed E-state index contributed by atoms with van der Waals surface area (Å²) in [6.07, 6.45) is 4.27. The Balaban J connectivity index is 1.37. The van der Waals surface area contributed by atoms with Crippen LogP contribution < -0.4 is 9.64 Å². The van der Waals surface area contributed by atoms with Crippen molar-refractivity contribution in [2.24, 2.45) is 0 Å². The number of carbonyl (C=O) groups excluding carboxylic acids is 3. The number of hydrogen-bond donors (Lipinski definition) is 0. The first-order valence-electron chi connectivity index (χ1n) is 10.6. The molecule has 0 N–H and O–H groups in total. The third-order valence-electron chi connectivity index (χ3n) is 5.66. The number of imide groups is 1. The second-order valence-electron chi connectivity index (χ2n) is 7.69. The molecule has 31 heavy (non-hydrogen) atoms. The topological polar surface area (TPSA) is 83.1 Å². The lowest BCUT2D eigenvalue weighted by atomic mass is 10.1. The smallest absolute Gasteiger partial charge is 0.254 e. The molecule has 8 heteroatoms. The van der Waals surface area contributed by atoms with E-state index in [4.69, 9.17) is 4.74 Å². The number of pyridine rings is 1. The third-order valence-corrected chi connectivity index (χ3v) is 5.66. The molecule has 2 aliphatic rings. The first-order chi connectivity index (χ1) is 15.1. The lowest BCUT2D eigenvalue weighted by Gasteiger charge is -2.37. The zero-order chi connectivity index (χ0) is 21.8. The van der Waals surface area contributed by atoms with E-state index in [9.17, 15) is 14.4 Å². The minimum absolute atomic E-state index is 0.0390. The zero-order valence-electron chi connectivity index (χ0n) is 17.6. The summed E-state index contributed by atoms with van der Waals surface area (Å²) < 4.78 is 5.57. The van der Waals surface area contributed by atoms with Crippen LogP contribution in [0.5, 0.6) is 5.75 Å². The van der Waals surface area contributed by atoms with Crippen molar-refractivity contribution in [3.8, 4) is 5.75 Å². The molecule has 2 saturated heterocycles. The minimum Gasteiger partial charge on any atom is -0.494 e. The summed E-state index contributed by atoms with van der Waals surface area (Å²) in [5.74, 6) is 0.271. The van der Waals surface area contributed by atoms with Crippen molar-refractivity contribution in [1.82, 2.24) is 14.8 Å². The maximum absolute atomic E-state index is 13.1. The molecule has 3 heterocycles. The molecule has 1 atom stereocenters. The van der Waals surface area contributed by atoms with Gasteiger partial charge in [-0.3, -0.25) is 24.3 Å². The lowest BCUT2D eigenvalue weighted by Crippen LogP contribution is -2.53. The van der Waals surface area contributed by atoms with Gasteiger partial charge in [0.1, 0.15) is 5.75 Å². The average Bonchev–Trinajstić information content (AvgIpc) is 3.12. The van der Waals surface area contributed by atoms with Gasteiger partial charge in [-0.05, 0) is 42.8 Å². The molecule has 0 bridgehead atoms. The Morgan fingerprint density at radius 2 is 1.71 bits per heavy atom. The van der Waals surface area contributed by atoms with E-state index < -0.39 is 6.04 Å². The Bertz CT molecular complexity index is 940. The number of nitrogens with zero attached hydrogens (tertiary/aromatic N) is 4. The first kappa shape index (κ1) is 21.0. The standard InChI is InChI=1S/C23H26N4O4/c1-2-15-31-19-5-3-18(4-6-19)27-21(28)16-20(23(27)30)25-11-13-26(14-12-25)22(29)17-7-9-24-10-8-17/h3-10,20H,2,11-16H2,1H3/t20-/m0/s1. The molecule has 2 fully saturated rings. The number of ether oxygens (including phenoxy) is 1. The van der Waals surface area contributed by atoms with Gasteiger partial charge in [0.15, 0.2) is 0 Å². The van der Waals surface area contributed by atoms with Gasteiger partial charge in [0.05, 0.1) is 24.8 Å². The number of carbonyl (C=O) groups is 3. The van der Waals surface area contributed by atoms with Crippen molar-refractivity contribution in [3.05, 3.63) is 54.4 Å². The van der Waals surface area contributed by atoms with Crippen LogP contribution in [0.2, 0.25) is 0 Å². The fraction of sp³-hybridized carbons (Fsp3) is 0.391. The van der Waals surface area contributed by atoms with Crippen molar-refractivity contribution < 1.29 is 19.1 Å². The molecular formula is C23H26N4O4. The maximum atomic E-state index is 13.1. The highest BCUT2D eigenvalue weighted by Crippen LogP contribution is 2.28. The number of rotatable bonds is 6. The fourth-order valence-corrected chi connectivity index (χ4v) is 4.00. The van der Waals surface area contributed by atoms with Gasteiger partial charge in [0, 0.05) is 44.1 Å². The summed E-state index contributed by atoms with van der Waals surface area (Å²) in [7, 11) is 0. The number of anilines is 1. The first-order valence-corrected chi connectivity index (χ1v) is 10.6. The van der Waals surface area contributed by atoms with Gasteiger partial charge in [-0.1, -0.05) is 6.92 Å². The molecule has 162 valence electrons. The largest absolute Gasteiger partial charge is 0.494 e. The summed E-state index contributed by atoms with van der Waals surface area (Å²) >= 11 is 0. The quantitative estimate of drug-likeness (QED) is 0.662. The number of aromatic nitrogens is 1. The summed E-state index contributed by atoms with van der Waals surface area (Å²) in [6.45, 7) is 4.80. The van der Waals surface area contributed by atoms with Crippen molar-refractivity contribution in [2.45, 2.75) is 25.8 Å². The predicted molar refractivity (Wildman–Crippen MR) is 115 cm³/mol. The molecule has 3 amide bonds. The molecule has 8 nitrogen and oxygen atoms in total. The van der Waals surface area contributed by atoms with Gasteiger partial charge < -0.3 is 9.64 Å². The van der Waals surface area contributed by atoms with Crippen LogP contribution in [-0.2, 0) is 9.59 Å². The zero-order valence-corrected chi connectivity index (χ0v) is 17.6. The van der Waals surface area contributed by atoms with E-state index in [1.165, 1.54) is 4.90 Å². The predicted octanol–water partition coefficient (Wildman–Crippen LogP) is 1.96. The molecule has 4 rings (SSSR count). The minimum atomic E-state index is -0.485. The lowest BCUT2D eigenvalue weighted by molar-refractivity contribution is -0.123. The van der Waals surface area contributed by atoms with Crippen LogP contribution in [0.25, 0.3) is 0 Å². The van der Waals surface area contributed by atoms with Crippen molar-refractivity contribution in [1.29, 1.82) is 0 Å². The molecule has 0 saturated carbocycles. The number of benzene rings is 1. The van der Waals surface area contributed by atoms with Crippen molar-refractivity contribution in [2.75, 3.05) is 37.7 Å². The van der Waals surface area contributed by atoms with E-state index >= 15 is 0 Å². The second-order valence-corrected chi connectivity index (χ2v) is 7.69. The van der Waals surface area contributed by atoms with E-state index in [1.807, 2.05) is 11.8 Å². The second kappa shape index (κ2) is 9.26. The third kappa shape index (κ3) is 4.44.